The van der Waals surface area contributed by atoms with Gasteiger partial charge in [-0.25, -0.2) is 0 Å². The van der Waals surface area contributed by atoms with E-state index < -0.39 is 0 Å². The molecule has 0 bridgehead atoms. The van der Waals surface area contributed by atoms with Gasteiger partial charge < -0.3 is 5.32 Å². The molecule has 1 saturated carbocycles. The van der Waals surface area contributed by atoms with Gasteiger partial charge in [0.05, 0.1) is 0 Å². The lowest BCUT2D eigenvalue weighted by Gasteiger charge is -2.32. The van der Waals surface area contributed by atoms with Crippen molar-refractivity contribution in [2.75, 3.05) is 0 Å². The Kier molecular flexibility index (Phi) is 3.19. The zero-order valence-electron chi connectivity index (χ0n) is 10.8. The van der Waals surface area contributed by atoms with E-state index in [0.29, 0.717) is 6.04 Å². The van der Waals surface area contributed by atoms with Crippen LogP contribution in [0.3, 0.4) is 0 Å². The molecule has 0 aromatic heterocycles. The van der Waals surface area contributed by atoms with Gasteiger partial charge in [-0.05, 0) is 42.7 Å². The Bertz CT molecular complexity index is 385. The molecule has 92 valence electrons. The molecule has 1 heteroatoms. The highest BCUT2D eigenvalue weighted by molar-refractivity contribution is 5.34. The molecule has 1 aromatic carbocycles. The van der Waals surface area contributed by atoms with E-state index in [-0.39, 0.29) is 0 Å². The monoisotopic (exact) mass is 229 g/mol. The number of fused-ring (bicyclic) bond motifs is 1. The number of nitrogens with one attached hydrogen (secondary N) is 1. The quantitative estimate of drug-likeness (QED) is 0.812. The summed E-state index contributed by atoms with van der Waals surface area (Å²) in [4.78, 5) is 0. The van der Waals surface area contributed by atoms with E-state index in [9.17, 15) is 0 Å². The first-order chi connectivity index (χ1) is 8.34. The Morgan fingerprint density at radius 1 is 1.06 bits per heavy atom. The van der Waals surface area contributed by atoms with Crippen molar-refractivity contribution in [1.29, 1.82) is 0 Å². The Labute approximate surface area is 105 Å². The largest absolute Gasteiger partial charge is 0.307 e. The second kappa shape index (κ2) is 4.81. The van der Waals surface area contributed by atoms with Crippen LogP contribution in [-0.2, 0) is 6.42 Å². The summed E-state index contributed by atoms with van der Waals surface area (Å²) < 4.78 is 0. The highest BCUT2D eigenvalue weighted by Crippen LogP contribution is 2.33. The number of rotatable bonds is 2. The van der Waals surface area contributed by atoms with Crippen molar-refractivity contribution in [2.45, 2.75) is 57.5 Å². The smallest absolute Gasteiger partial charge is 0.0328 e. The van der Waals surface area contributed by atoms with E-state index >= 15 is 0 Å². The van der Waals surface area contributed by atoms with E-state index in [4.69, 9.17) is 0 Å². The summed E-state index contributed by atoms with van der Waals surface area (Å²) >= 11 is 0. The summed E-state index contributed by atoms with van der Waals surface area (Å²) in [7, 11) is 0. The van der Waals surface area contributed by atoms with Crippen LogP contribution in [0.4, 0.5) is 0 Å². The van der Waals surface area contributed by atoms with Crippen molar-refractivity contribution < 1.29 is 0 Å². The summed E-state index contributed by atoms with van der Waals surface area (Å²) in [6.07, 6.45) is 8.18. The molecular weight excluding hydrogens is 206 g/mol. The lowest BCUT2D eigenvalue weighted by Crippen LogP contribution is -2.38. The molecule has 0 aliphatic heterocycles. The van der Waals surface area contributed by atoms with Crippen molar-refractivity contribution in [3.8, 4) is 0 Å². The molecule has 0 radical (unpaired) electrons. The van der Waals surface area contributed by atoms with Crippen molar-refractivity contribution in [3.05, 3.63) is 35.4 Å². The summed E-state index contributed by atoms with van der Waals surface area (Å²) in [5, 5.41) is 3.92. The summed E-state index contributed by atoms with van der Waals surface area (Å²) in [6.45, 7) is 2.41. The van der Waals surface area contributed by atoms with Crippen LogP contribution in [0.2, 0.25) is 0 Å². The van der Waals surface area contributed by atoms with E-state index in [0.717, 1.165) is 12.0 Å². The second-order valence-corrected chi connectivity index (χ2v) is 5.82. The topological polar surface area (TPSA) is 12.0 Å². The maximum Gasteiger partial charge on any atom is 0.0328 e. The van der Waals surface area contributed by atoms with Gasteiger partial charge in [-0.15, -0.1) is 0 Å². The van der Waals surface area contributed by atoms with Gasteiger partial charge in [-0.3, -0.25) is 0 Å². The molecule has 3 atom stereocenters. The molecular formula is C16H23N. The average molecular weight is 229 g/mol. The normalized spacial score (nSPS) is 32.4. The number of benzene rings is 1. The predicted octanol–water partition coefficient (Wildman–Crippen LogP) is 3.84. The maximum absolute atomic E-state index is 3.92. The average Bonchev–Trinajstić information content (AvgIpc) is 2.76. The third kappa shape index (κ3) is 2.26. The van der Waals surface area contributed by atoms with Crippen LogP contribution in [0.25, 0.3) is 0 Å². The summed E-state index contributed by atoms with van der Waals surface area (Å²) in [5.74, 6) is 0.858. The standard InChI is InChI=1S/C16H23N/c1-12-6-2-5-9-15(12)17-16-11-10-13-7-3-4-8-14(13)16/h3-4,7-8,12,15-17H,2,5-6,9-11H2,1H3. The highest BCUT2D eigenvalue weighted by Gasteiger charge is 2.27. The molecule has 17 heavy (non-hydrogen) atoms. The third-order valence-corrected chi connectivity index (χ3v) is 4.66. The molecule has 1 nitrogen and oxygen atoms in total. The molecule has 2 aliphatic carbocycles. The van der Waals surface area contributed by atoms with Crippen molar-refractivity contribution in [3.63, 3.8) is 0 Å². The zero-order valence-corrected chi connectivity index (χ0v) is 10.8. The van der Waals surface area contributed by atoms with Gasteiger partial charge in [-0.2, -0.15) is 0 Å². The van der Waals surface area contributed by atoms with Gasteiger partial charge in [0.15, 0.2) is 0 Å². The molecule has 0 heterocycles. The van der Waals surface area contributed by atoms with Crippen LogP contribution >= 0.6 is 0 Å². The van der Waals surface area contributed by atoms with Crippen molar-refractivity contribution in [2.24, 2.45) is 5.92 Å². The van der Waals surface area contributed by atoms with E-state index in [1.54, 1.807) is 11.1 Å². The molecule has 0 amide bonds. The van der Waals surface area contributed by atoms with Crippen LogP contribution < -0.4 is 5.32 Å². The van der Waals surface area contributed by atoms with E-state index in [2.05, 4.69) is 36.5 Å². The first-order valence-electron chi connectivity index (χ1n) is 7.18. The SMILES string of the molecule is CC1CCCCC1NC1CCc2ccccc21. The molecule has 3 rings (SSSR count). The fourth-order valence-electron chi connectivity index (χ4n) is 3.55. The summed E-state index contributed by atoms with van der Waals surface area (Å²) in [6, 6.07) is 10.3. The van der Waals surface area contributed by atoms with Gasteiger partial charge in [0, 0.05) is 12.1 Å². The number of hydrogen-bond donors (Lipinski definition) is 1. The maximum atomic E-state index is 3.92. The lowest BCUT2D eigenvalue weighted by molar-refractivity contribution is 0.258. The van der Waals surface area contributed by atoms with Crippen LogP contribution in [0.15, 0.2) is 24.3 Å². The van der Waals surface area contributed by atoms with Gasteiger partial charge in [0.1, 0.15) is 0 Å². The Balaban J connectivity index is 1.70. The van der Waals surface area contributed by atoms with Gasteiger partial charge in [0.25, 0.3) is 0 Å². The molecule has 2 aliphatic rings. The Morgan fingerprint density at radius 2 is 1.88 bits per heavy atom. The van der Waals surface area contributed by atoms with Gasteiger partial charge >= 0.3 is 0 Å². The Morgan fingerprint density at radius 3 is 2.76 bits per heavy atom. The lowest BCUT2D eigenvalue weighted by atomic mass is 9.85. The van der Waals surface area contributed by atoms with Crippen molar-refractivity contribution in [1.82, 2.24) is 5.32 Å². The van der Waals surface area contributed by atoms with Crippen LogP contribution in [0, 0.1) is 5.92 Å². The molecule has 1 N–H and O–H groups in total. The highest BCUT2D eigenvalue weighted by atomic mass is 15.0. The van der Waals surface area contributed by atoms with Gasteiger partial charge in [0.2, 0.25) is 0 Å². The molecule has 3 unspecified atom stereocenters. The second-order valence-electron chi connectivity index (χ2n) is 5.82. The van der Waals surface area contributed by atoms with E-state index in [1.807, 2.05) is 0 Å². The third-order valence-electron chi connectivity index (χ3n) is 4.66. The van der Waals surface area contributed by atoms with E-state index in [1.165, 1.54) is 38.5 Å². The first kappa shape index (κ1) is 11.3. The van der Waals surface area contributed by atoms with Crippen LogP contribution in [0.5, 0.6) is 0 Å². The fourth-order valence-corrected chi connectivity index (χ4v) is 3.55. The minimum atomic E-state index is 0.622. The van der Waals surface area contributed by atoms with Gasteiger partial charge in [-0.1, -0.05) is 44.0 Å². The fraction of sp³-hybridized carbons (Fsp3) is 0.625. The Hall–Kier alpha value is -0.820. The molecule has 0 spiro atoms. The number of hydrogen-bond acceptors (Lipinski definition) is 1. The van der Waals surface area contributed by atoms with Crippen molar-refractivity contribution >= 4 is 0 Å². The first-order valence-corrected chi connectivity index (χ1v) is 7.18. The molecule has 0 saturated heterocycles. The predicted molar refractivity (Wildman–Crippen MR) is 72.1 cm³/mol. The minimum absolute atomic E-state index is 0.622. The number of aryl methyl sites for hydroxylation is 1. The summed E-state index contributed by atoms with van der Waals surface area (Å²) in [5.41, 5.74) is 3.12. The molecule has 1 aromatic rings. The zero-order chi connectivity index (χ0) is 11.7. The van der Waals surface area contributed by atoms with Crippen LogP contribution in [-0.4, -0.2) is 6.04 Å². The minimum Gasteiger partial charge on any atom is -0.307 e. The molecule has 1 fully saturated rings. The van der Waals surface area contributed by atoms with Crippen LogP contribution in [0.1, 0.15) is 56.2 Å².